The number of amides is 2. The zero-order chi connectivity index (χ0) is 24.1. The largest absolute Gasteiger partial charge is 0.457 e. The van der Waals surface area contributed by atoms with Crippen LogP contribution >= 0.6 is 0 Å². The molecule has 0 unspecified atom stereocenters. The molecule has 4 rings (SSSR count). The van der Waals surface area contributed by atoms with Crippen LogP contribution in [0.5, 0.6) is 11.5 Å². The molecular weight excluding hydrogens is 426 g/mol. The fraction of sp³-hybridized carbons (Fsp3) is 0.500. The van der Waals surface area contributed by atoms with Gasteiger partial charge in [-0.15, -0.1) is 0 Å². The number of nitrogens with zero attached hydrogens (tertiary/aromatic N) is 2. The van der Waals surface area contributed by atoms with E-state index in [1.54, 1.807) is 0 Å². The number of likely N-dealkylation sites (tertiary alicyclic amines) is 1. The van der Waals surface area contributed by atoms with Gasteiger partial charge in [-0.3, -0.25) is 14.5 Å². The van der Waals surface area contributed by atoms with Crippen LogP contribution in [0.15, 0.2) is 54.6 Å². The zero-order valence-electron chi connectivity index (χ0n) is 20.6. The summed E-state index contributed by atoms with van der Waals surface area (Å²) in [5.74, 6) is 2.13. The lowest BCUT2D eigenvalue weighted by atomic mass is 9.80. The van der Waals surface area contributed by atoms with Crippen molar-refractivity contribution < 1.29 is 14.3 Å². The summed E-state index contributed by atoms with van der Waals surface area (Å²) >= 11 is 0. The lowest BCUT2D eigenvalue weighted by Crippen LogP contribution is -2.73. The molecule has 2 aromatic carbocycles. The number of nitrogens with one attached hydrogen (secondary N) is 1. The first-order chi connectivity index (χ1) is 16.4. The van der Waals surface area contributed by atoms with E-state index >= 15 is 0 Å². The summed E-state index contributed by atoms with van der Waals surface area (Å²) in [7, 11) is 0. The summed E-state index contributed by atoms with van der Waals surface area (Å²) in [6.45, 7) is 9.30. The molecule has 2 amide bonds. The van der Waals surface area contributed by atoms with Crippen molar-refractivity contribution in [2.75, 3.05) is 19.6 Å². The first-order valence-electron chi connectivity index (χ1n) is 12.6. The SMILES string of the molecule is CCCN1C(=O)[C@H](CC(C)C)NC(=O)C12CCN(Cc1ccc(Oc3ccccc3)cc1)CC2. The van der Waals surface area contributed by atoms with E-state index in [4.69, 9.17) is 4.74 Å². The third kappa shape index (κ3) is 5.27. The number of benzene rings is 2. The number of piperazine rings is 1. The summed E-state index contributed by atoms with van der Waals surface area (Å²) in [4.78, 5) is 30.9. The van der Waals surface area contributed by atoms with Crippen molar-refractivity contribution >= 4 is 11.8 Å². The van der Waals surface area contributed by atoms with E-state index in [1.165, 1.54) is 5.56 Å². The van der Waals surface area contributed by atoms with Gasteiger partial charge >= 0.3 is 0 Å². The Labute approximate surface area is 203 Å². The lowest BCUT2D eigenvalue weighted by Gasteiger charge is -2.52. The smallest absolute Gasteiger partial charge is 0.246 e. The molecule has 34 heavy (non-hydrogen) atoms. The van der Waals surface area contributed by atoms with Crippen LogP contribution < -0.4 is 10.1 Å². The van der Waals surface area contributed by atoms with Gasteiger partial charge in [0.05, 0.1) is 0 Å². The number of carbonyl (C=O) groups excluding carboxylic acids is 2. The van der Waals surface area contributed by atoms with Crippen molar-refractivity contribution in [1.82, 2.24) is 15.1 Å². The predicted octanol–water partition coefficient (Wildman–Crippen LogP) is 4.60. The van der Waals surface area contributed by atoms with Crippen LogP contribution in [0.1, 0.15) is 52.0 Å². The van der Waals surface area contributed by atoms with Gasteiger partial charge in [-0.05, 0) is 61.4 Å². The van der Waals surface area contributed by atoms with Gasteiger partial charge < -0.3 is 15.0 Å². The van der Waals surface area contributed by atoms with Crippen LogP contribution in [0.3, 0.4) is 0 Å². The first-order valence-corrected chi connectivity index (χ1v) is 12.6. The first kappa shape index (κ1) is 24.3. The van der Waals surface area contributed by atoms with E-state index < -0.39 is 5.54 Å². The molecule has 6 heteroatoms. The quantitative estimate of drug-likeness (QED) is 0.622. The van der Waals surface area contributed by atoms with Crippen LogP contribution in [0.2, 0.25) is 0 Å². The predicted molar refractivity (Wildman–Crippen MR) is 134 cm³/mol. The molecule has 2 aliphatic heterocycles. The summed E-state index contributed by atoms with van der Waals surface area (Å²) in [5, 5.41) is 3.07. The van der Waals surface area contributed by atoms with Crippen LogP contribution in [-0.4, -0.2) is 52.8 Å². The molecule has 1 atom stereocenters. The minimum atomic E-state index is -0.704. The highest BCUT2D eigenvalue weighted by atomic mass is 16.5. The van der Waals surface area contributed by atoms with Gasteiger partial charge in [0, 0.05) is 26.2 Å². The van der Waals surface area contributed by atoms with Crippen LogP contribution in [-0.2, 0) is 16.1 Å². The van der Waals surface area contributed by atoms with E-state index in [2.05, 4.69) is 43.1 Å². The van der Waals surface area contributed by atoms with Crippen molar-refractivity contribution in [3.05, 3.63) is 60.2 Å². The molecule has 6 nitrogen and oxygen atoms in total. The van der Waals surface area contributed by atoms with Crippen LogP contribution in [0.25, 0.3) is 0 Å². The number of piperidine rings is 1. The lowest BCUT2D eigenvalue weighted by molar-refractivity contribution is -0.161. The Bertz CT molecular complexity index is 966. The molecule has 2 heterocycles. The molecule has 2 aromatic rings. The second-order valence-corrected chi connectivity index (χ2v) is 10.0. The number of para-hydroxylation sites is 1. The average molecular weight is 464 g/mol. The Morgan fingerprint density at radius 2 is 1.65 bits per heavy atom. The van der Waals surface area contributed by atoms with Crippen LogP contribution in [0, 0.1) is 5.92 Å². The van der Waals surface area contributed by atoms with Crippen molar-refractivity contribution in [3.63, 3.8) is 0 Å². The molecule has 2 fully saturated rings. The van der Waals surface area contributed by atoms with Crippen molar-refractivity contribution in [2.24, 2.45) is 5.92 Å². The second-order valence-electron chi connectivity index (χ2n) is 10.0. The maximum Gasteiger partial charge on any atom is 0.246 e. The number of ether oxygens (including phenoxy) is 1. The Morgan fingerprint density at radius 3 is 2.26 bits per heavy atom. The fourth-order valence-electron chi connectivity index (χ4n) is 5.18. The van der Waals surface area contributed by atoms with Gasteiger partial charge in [-0.1, -0.05) is 51.1 Å². The molecule has 2 aliphatic rings. The molecule has 0 aromatic heterocycles. The van der Waals surface area contributed by atoms with E-state index in [0.717, 1.165) is 37.6 Å². The fourth-order valence-corrected chi connectivity index (χ4v) is 5.18. The third-order valence-electron chi connectivity index (χ3n) is 6.95. The van der Waals surface area contributed by atoms with E-state index in [9.17, 15) is 9.59 Å². The zero-order valence-corrected chi connectivity index (χ0v) is 20.6. The van der Waals surface area contributed by atoms with Gasteiger partial charge in [-0.25, -0.2) is 0 Å². The highest BCUT2D eigenvalue weighted by Crippen LogP contribution is 2.34. The molecule has 2 saturated heterocycles. The molecule has 1 spiro atoms. The van der Waals surface area contributed by atoms with Gasteiger partial charge in [0.1, 0.15) is 23.1 Å². The number of carbonyl (C=O) groups is 2. The summed E-state index contributed by atoms with van der Waals surface area (Å²) in [6.07, 6.45) is 2.90. The van der Waals surface area contributed by atoms with E-state index in [-0.39, 0.29) is 17.9 Å². The average Bonchev–Trinajstić information content (AvgIpc) is 2.83. The second kappa shape index (κ2) is 10.6. The maximum absolute atomic E-state index is 13.3. The summed E-state index contributed by atoms with van der Waals surface area (Å²) in [6, 6.07) is 17.6. The minimum Gasteiger partial charge on any atom is -0.457 e. The Balaban J connectivity index is 1.38. The Hall–Kier alpha value is -2.86. The van der Waals surface area contributed by atoms with Crippen molar-refractivity contribution in [2.45, 2.75) is 64.6 Å². The topological polar surface area (TPSA) is 61.9 Å². The van der Waals surface area contributed by atoms with E-state index in [0.29, 0.717) is 31.7 Å². The standard InChI is InChI=1S/C28H37N3O3/c1-4-16-31-26(32)25(19-21(2)3)29-27(33)28(31)14-17-30(18-15-28)20-22-10-12-24(13-11-22)34-23-8-6-5-7-9-23/h5-13,21,25H,4,14-20H2,1-3H3,(H,29,33)/t25-/m0/s1. The molecule has 182 valence electrons. The highest BCUT2D eigenvalue weighted by molar-refractivity contribution is 6.00. The normalized spacial score (nSPS) is 20.6. The highest BCUT2D eigenvalue weighted by Gasteiger charge is 2.53. The van der Waals surface area contributed by atoms with Gasteiger partial charge in [0.2, 0.25) is 11.8 Å². The van der Waals surface area contributed by atoms with Gasteiger partial charge in [-0.2, -0.15) is 0 Å². The maximum atomic E-state index is 13.3. The summed E-state index contributed by atoms with van der Waals surface area (Å²) < 4.78 is 5.89. The molecule has 0 saturated carbocycles. The third-order valence-corrected chi connectivity index (χ3v) is 6.95. The molecule has 0 aliphatic carbocycles. The number of hydrogen-bond donors (Lipinski definition) is 1. The Morgan fingerprint density at radius 1 is 1.00 bits per heavy atom. The monoisotopic (exact) mass is 463 g/mol. The number of hydrogen-bond acceptors (Lipinski definition) is 4. The summed E-state index contributed by atoms with van der Waals surface area (Å²) in [5.41, 5.74) is 0.507. The van der Waals surface area contributed by atoms with Crippen molar-refractivity contribution in [1.29, 1.82) is 0 Å². The minimum absolute atomic E-state index is 0.0354. The van der Waals surface area contributed by atoms with Gasteiger partial charge in [0.15, 0.2) is 0 Å². The molecule has 0 radical (unpaired) electrons. The van der Waals surface area contributed by atoms with Crippen molar-refractivity contribution in [3.8, 4) is 11.5 Å². The molecular formula is C28H37N3O3. The molecule has 0 bridgehead atoms. The van der Waals surface area contributed by atoms with Crippen LogP contribution in [0.4, 0.5) is 0 Å². The van der Waals surface area contributed by atoms with E-state index in [1.807, 2.05) is 47.4 Å². The van der Waals surface area contributed by atoms with Gasteiger partial charge in [0.25, 0.3) is 0 Å². The Kier molecular flexibility index (Phi) is 7.57. The number of rotatable bonds is 8. The molecule has 1 N–H and O–H groups in total.